The van der Waals surface area contributed by atoms with Crippen LogP contribution in [-0.4, -0.2) is 16.8 Å². The number of hydrogen-bond donors (Lipinski definition) is 1. The van der Waals surface area contributed by atoms with Crippen LogP contribution in [-0.2, 0) is 0 Å². The van der Waals surface area contributed by atoms with E-state index >= 15 is 0 Å². The van der Waals surface area contributed by atoms with Gasteiger partial charge in [0.2, 0.25) is 0 Å². The first kappa shape index (κ1) is 9.53. The molecule has 0 unspecified atom stereocenters. The highest BCUT2D eigenvalue weighted by Gasteiger charge is 2.42. The molecule has 0 heterocycles. The van der Waals surface area contributed by atoms with Crippen molar-refractivity contribution in [2.24, 2.45) is 0 Å². The molecule has 1 saturated carbocycles. The van der Waals surface area contributed by atoms with Crippen LogP contribution in [0, 0.1) is 6.92 Å². The summed E-state index contributed by atoms with van der Waals surface area (Å²) in [6, 6.07) is 7.93. The minimum absolute atomic E-state index is 0.0377. The Labute approximate surface area is 84.5 Å². The van der Waals surface area contributed by atoms with E-state index in [0.29, 0.717) is 0 Å². The van der Waals surface area contributed by atoms with Crippen molar-refractivity contribution in [3.05, 3.63) is 29.8 Å². The van der Waals surface area contributed by atoms with Crippen LogP contribution < -0.4 is 4.74 Å². The average Bonchev–Trinajstić information content (AvgIpc) is 2.13. The van der Waals surface area contributed by atoms with E-state index in [-0.39, 0.29) is 6.10 Å². The second kappa shape index (κ2) is 3.28. The third-order valence-electron chi connectivity index (χ3n) is 2.87. The van der Waals surface area contributed by atoms with Crippen molar-refractivity contribution in [2.45, 2.75) is 38.4 Å². The van der Waals surface area contributed by atoms with Crippen molar-refractivity contribution < 1.29 is 9.84 Å². The fraction of sp³-hybridized carbons (Fsp3) is 0.500. The van der Waals surface area contributed by atoms with Crippen LogP contribution >= 0.6 is 0 Å². The molecule has 0 aliphatic heterocycles. The SMILES string of the molecule is Cc1cccc(O[C@H]2CC[C@]2(C)O)c1. The molecule has 1 aromatic carbocycles. The predicted molar refractivity (Wildman–Crippen MR) is 55.5 cm³/mol. The molecular formula is C12H16O2. The molecule has 76 valence electrons. The Kier molecular flexibility index (Phi) is 2.23. The molecule has 0 bridgehead atoms. The normalized spacial score (nSPS) is 30.9. The van der Waals surface area contributed by atoms with Crippen molar-refractivity contribution in [3.63, 3.8) is 0 Å². The molecule has 2 nitrogen and oxygen atoms in total. The molecule has 1 N–H and O–H groups in total. The second-order valence-electron chi connectivity index (χ2n) is 4.32. The minimum Gasteiger partial charge on any atom is -0.487 e. The molecule has 1 aliphatic rings. The van der Waals surface area contributed by atoms with Crippen LogP contribution in [0.2, 0.25) is 0 Å². The van der Waals surface area contributed by atoms with Crippen molar-refractivity contribution in [1.29, 1.82) is 0 Å². The maximum absolute atomic E-state index is 9.78. The number of aryl methyl sites for hydroxylation is 1. The van der Waals surface area contributed by atoms with E-state index in [1.54, 1.807) is 0 Å². The zero-order valence-corrected chi connectivity index (χ0v) is 8.66. The fourth-order valence-corrected chi connectivity index (χ4v) is 1.72. The van der Waals surface area contributed by atoms with Gasteiger partial charge in [0.05, 0.1) is 5.60 Å². The zero-order chi connectivity index (χ0) is 10.2. The molecule has 1 aromatic rings. The minimum atomic E-state index is -0.635. The van der Waals surface area contributed by atoms with E-state index in [4.69, 9.17) is 4.74 Å². The molecular weight excluding hydrogens is 176 g/mol. The van der Waals surface area contributed by atoms with Crippen LogP contribution in [0.5, 0.6) is 5.75 Å². The first-order valence-corrected chi connectivity index (χ1v) is 5.04. The Bertz CT molecular complexity index is 331. The van der Waals surface area contributed by atoms with Gasteiger partial charge in [-0.25, -0.2) is 0 Å². The fourth-order valence-electron chi connectivity index (χ4n) is 1.72. The van der Waals surface area contributed by atoms with Gasteiger partial charge in [-0.05, 0) is 44.4 Å². The molecule has 0 spiro atoms. The summed E-state index contributed by atoms with van der Waals surface area (Å²) < 4.78 is 5.70. The molecule has 2 atom stereocenters. The lowest BCUT2D eigenvalue weighted by Crippen LogP contribution is -2.52. The lowest BCUT2D eigenvalue weighted by Gasteiger charge is -2.42. The Morgan fingerprint density at radius 1 is 1.50 bits per heavy atom. The third kappa shape index (κ3) is 1.75. The van der Waals surface area contributed by atoms with Crippen LogP contribution in [0.15, 0.2) is 24.3 Å². The summed E-state index contributed by atoms with van der Waals surface area (Å²) in [5.41, 5.74) is 0.547. The maximum atomic E-state index is 9.78. The van der Waals surface area contributed by atoms with Crippen LogP contribution in [0.4, 0.5) is 0 Å². The molecule has 0 saturated heterocycles. The number of hydrogen-bond acceptors (Lipinski definition) is 2. The lowest BCUT2D eigenvalue weighted by atomic mass is 9.78. The van der Waals surface area contributed by atoms with E-state index < -0.39 is 5.60 Å². The number of aliphatic hydroxyl groups is 1. The van der Waals surface area contributed by atoms with Gasteiger partial charge >= 0.3 is 0 Å². The summed E-state index contributed by atoms with van der Waals surface area (Å²) in [4.78, 5) is 0. The zero-order valence-electron chi connectivity index (χ0n) is 8.66. The summed E-state index contributed by atoms with van der Waals surface area (Å²) in [7, 11) is 0. The molecule has 1 fully saturated rings. The van der Waals surface area contributed by atoms with Crippen LogP contribution in [0.3, 0.4) is 0 Å². The summed E-state index contributed by atoms with van der Waals surface area (Å²) in [5, 5.41) is 9.78. The van der Waals surface area contributed by atoms with Gasteiger partial charge in [-0.1, -0.05) is 12.1 Å². The highest BCUT2D eigenvalue weighted by Crippen LogP contribution is 2.35. The number of ether oxygens (including phenoxy) is 1. The largest absolute Gasteiger partial charge is 0.487 e. The van der Waals surface area contributed by atoms with Crippen molar-refractivity contribution in [2.75, 3.05) is 0 Å². The smallest absolute Gasteiger partial charge is 0.127 e. The molecule has 14 heavy (non-hydrogen) atoms. The topological polar surface area (TPSA) is 29.5 Å². The number of rotatable bonds is 2. The Morgan fingerprint density at radius 2 is 2.29 bits per heavy atom. The third-order valence-corrected chi connectivity index (χ3v) is 2.87. The van der Waals surface area contributed by atoms with Crippen molar-refractivity contribution in [1.82, 2.24) is 0 Å². The van der Waals surface area contributed by atoms with Gasteiger partial charge in [0.25, 0.3) is 0 Å². The van der Waals surface area contributed by atoms with Crippen LogP contribution in [0.1, 0.15) is 25.3 Å². The molecule has 1 aliphatic carbocycles. The van der Waals surface area contributed by atoms with E-state index in [1.807, 2.05) is 38.1 Å². The number of benzene rings is 1. The maximum Gasteiger partial charge on any atom is 0.127 e. The van der Waals surface area contributed by atoms with Gasteiger partial charge in [0.1, 0.15) is 11.9 Å². The van der Waals surface area contributed by atoms with Gasteiger partial charge in [0.15, 0.2) is 0 Å². The first-order valence-electron chi connectivity index (χ1n) is 5.04. The van der Waals surface area contributed by atoms with E-state index in [9.17, 15) is 5.11 Å². The summed E-state index contributed by atoms with van der Waals surface area (Å²) in [5.74, 6) is 0.856. The summed E-state index contributed by atoms with van der Waals surface area (Å²) in [6.07, 6.45) is 1.74. The molecule has 0 amide bonds. The monoisotopic (exact) mass is 192 g/mol. The average molecular weight is 192 g/mol. The second-order valence-corrected chi connectivity index (χ2v) is 4.32. The molecule has 2 rings (SSSR count). The first-order chi connectivity index (χ1) is 6.58. The van der Waals surface area contributed by atoms with Gasteiger partial charge in [-0.15, -0.1) is 0 Å². The lowest BCUT2D eigenvalue weighted by molar-refractivity contribution is -0.118. The van der Waals surface area contributed by atoms with E-state index in [1.165, 1.54) is 5.56 Å². The van der Waals surface area contributed by atoms with Gasteiger partial charge in [0, 0.05) is 0 Å². The Balaban J connectivity index is 2.05. The highest BCUT2D eigenvalue weighted by atomic mass is 16.5. The Morgan fingerprint density at radius 3 is 2.79 bits per heavy atom. The molecule has 2 heteroatoms. The van der Waals surface area contributed by atoms with Gasteiger partial charge in [-0.2, -0.15) is 0 Å². The summed E-state index contributed by atoms with van der Waals surface area (Å²) in [6.45, 7) is 3.86. The van der Waals surface area contributed by atoms with Gasteiger partial charge in [-0.3, -0.25) is 0 Å². The predicted octanol–water partition coefficient (Wildman–Crippen LogP) is 2.29. The van der Waals surface area contributed by atoms with Crippen molar-refractivity contribution >= 4 is 0 Å². The van der Waals surface area contributed by atoms with Crippen molar-refractivity contribution in [3.8, 4) is 5.75 Å². The highest BCUT2D eigenvalue weighted by molar-refractivity contribution is 5.28. The quantitative estimate of drug-likeness (QED) is 0.779. The summed E-state index contributed by atoms with van der Waals surface area (Å²) >= 11 is 0. The molecule has 0 aromatic heterocycles. The Hall–Kier alpha value is -1.02. The van der Waals surface area contributed by atoms with E-state index in [2.05, 4.69) is 0 Å². The standard InChI is InChI=1S/C12H16O2/c1-9-4-3-5-10(8-9)14-11-6-7-12(11,2)13/h3-5,8,11,13H,6-7H2,1-2H3/t11-,12-/m0/s1. The van der Waals surface area contributed by atoms with Gasteiger partial charge < -0.3 is 9.84 Å². The van der Waals surface area contributed by atoms with E-state index in [0.717, 1.165) is 18.6 Å². The van der Waals surface area contributed by atoms with Crippen LogP contribution in [0.25, 0.3) is 0 Å². The molecule has 0 radical (unpaired) electrons.